The van der Waals surface area contributed by atoms with Gasteiger partial charge in [-0.3, -0.25) is 4.79 Å². The average Bonchev–Trinajstić information content (AvgIpc) is 2.79. The smallest absolute Gasteiger partial charge is 0.265 e. The van der Waals surface area contributed by atoms with Crippen molar-refractivity contribution in [2.75, 3.05) is 11.9 Å². The predicted octanol–water partition coefficient (Wildman–Crippen LogP) is 3.10. The fourth-order valence-electron chi connectivity index (χ4n) is 1.73. The molecular formula is C16H14FNO2S. The Morgan fingerprint density at radius 3 is 2.76 bits per heavy atom. The van der Waals surface area contributed by atoms with Gasteiger partial charge in [-0.25, -0.2) is 4.39 Å². The Hall–Kier alpha value is -2.16. The van der Waals surface area contributed by atoms with Crippen molar-refractivity contribution in [2.24, 2.45) is 0 Å². The van der Waals surface area contributed by atoms with Crippen LogP contribution >= 0.6 is 11.3 Å². The second-order valence-electron chi connectivity index (χ2n) is 4.45. The number of anilines is 1. The number of hydrogen-bond donors (Lipinski definition) is 2. The summed E-state index contributed by atoms with van der Waals surface area (Å²) in [5.74, 6) is 4.37. The van der Waals surface area contributed by atoms with E-state index in [0.717, 1.165) is 10.4 Å². The molecule has 0 saturated heterocycles. The van der Waals surface area contributed by atoms with E-state index in [1.165, 1.54) is 29.5 Å². The van der Waals surface area contributed by atoms with Gasteiger partial charge in [0.05, 0.1) is 16.1 Å². The lowest BCUT2D eigenvalue weighted by molar-refractivity contribution is 0.103. The average molecular weight is 303 g/mol. The highest BCUT2D eigenvalue weighted by molar-refractivity contribution is 7.14. The summed E-state index contributed by atoms with van der Waals surface area (Å²) in [5.41, 5.74) is 1.82. The minimum absolute atomic E-state index is 0.255. The number of aliphatic hydroxyl groups excluding tert-OH is 1. The quantitative estimate of drug-likeness (QED) is 0.838. The lowest BCUT2D eigenvalue weighted by atomic mass is 10.1. The maximum Gasteiger partial charge on any atom is 0.265 e. The summed E-state index contributed by atoms with van der Waals surface area (Å²) in [4.78, 5) is 13.9. The maximum atomic E-state index is 13.3. The van der Waals surface area contributed by atoms with Crippen LogP contribution < -0.4 is 5.32 Å². The molecule has 108 valence electrons. The van der Waals surface area contributed by atoms with E-state index in [2.05, 4.69) is 17.2 Å². The largest absolute Gasteiger partial charge is 0.384 e. The number of benzene rings is 1. The number of thiophene rings is 1. The molecule has 0 radical (unpaired) electrons. The number of carbonyl (C=O) groups excluding carboxylic acids is 1. The molecule has 0 atom stereocenters. The Kier molecular flexibility index (Phi) is 4.73. The molecule has 0 aliphatic rings. The molecular weight excluding hydrogens is 289 g/mol. The van der Waals surface area contributed by atoms with Gasteiger partial charge in [-0.05, 0) is 43.7 Å². The molecule has 2 rings (SSSR count). The summed E-state index contributed by atoms with van der Waals surface area (Å²) in [6, 6.07) is 5.76. The Labute approximate surface area is 126 Å². The topological polar surface area (TPSA) is 49.3 Å². The number of nitrogens with one attached hydrogen (secondary N) is 1. The number of amides is 1. The van der Waals surface area contributed by atoms with E-state index in [9.17, 15) is 9.18 Å². The molecule has 5 heteroatoms. The van der Waals surface area contributed by atoms with Gasteiger partial charge in [-0.2, -0.15) is 0 Å². The Bertz CT molecular complexity index is 721. The Morgan fingerprint density at radius 1 is 1.38 bits per heavy atom. The number of hydrogen-bond acceptors (Lipinski definition) is 3. The number of carbonyl (C=O) groups is 1. The van der Waals surface area contributed by atoms with Crippen molar-refractivity contribution >= 4 is 22.9 Å². The minimum atomic E-state index is -0.446. The fraction of sp³-hybridized carbons (Fsp3) is 0.188. The molecule has 1 amide bonds. The predicted molar refractivity (Wildman–Crippen MR) is 82.1 cm³/mol. The van der Waals surface area contributed by atoms with Crippen molar-refractivity contribution in [1.29, 1.82) is 0 Å². The lowest BCUT2D eigenvalue weighted by Gasteiger charge is -2.06. The fourth-order valence-corrected chi connectivity index (χ4v) is 2.66. The molecule has 0 bridgehead atoms. The molecule has 0 aliphatic heterocycles. The monoisotopic (exact) mass is 303 g/mol. The van der Waals surface area contributed by atoms with Crippen LogP contribution in [-0.4, -0.2) is 17.6 Å². The van der Waals surface area contributed by atoms with E-state index >= 15 is 0 Å². The zero-order valence-corrected chi connectivity index (χ0v) is 12.5. The van der Waals surface area contributed by atoms with Gasteiger partial charge in [-0.15, -0.1) is 11.3 Å². The summed E-state index contributed by atoms with van der Waals surface area (Å²) < 4.78 is 13.3. The third-order valence-corrected chi connectivity index (χ3v) is 4.07. The van der Waals surface area contributed by atoms with Crippen LogP contribution in [0.2, 0.25) is 0 Å². The number of halogens is 1. The van der Waals surface area contributed by atoms with Crippen LogP contribution in [0.25, 0.3) is 0 Å². The summed E-state index contributed by atoms with van der Waals surface area (Å²) in [5, 5.41) is 11.5. The molecule has 1 heterocycles. The molecule has 0 saturated carbocycles. The first-order valence-corrected chi connectivity index (χ1v) is 7.10. The standard InChI is InChI=1S/C16H14FNO2S/c1-10-8-15(21-11(10)2)16(20)18-14-6-5-13(17)9-12(14)4-3-7-19/h5-6,8-9,19H,7H2,1-2H3,(H,18,20). The number of aryl methyl sites for hydroxylation is 2. The second-order valence-corrected chi connectivity index (χ2v) is 5.71. The Morgan fingerprint density at radius 2 is 2.14 bits per heavy atom. The first-order valence-electron chi connectivity index (χ1n) is 6.29. The van der Waals surface area contributed by atoms with Crippen molar-refractivity contribution < 1.29 is 14.3 Å². The zero-order chi connectivity index (χ0) is 15.4. The highest BCUT2D eigenvalue weighted by Crippen LogP contribution is 2.23. The van der Waals surface area contributed by atoms with E-state index in [-0.39, 0.29) is 12.5 Å². The van der Waals surface area contributed by atoms with Crippen LogP contribution in [-0.2, 0) is 0 Å². The molecule has 2 N–H and O–H groups in total. The summed E-state index contributed by atoms with van der Waals surface area (Å²) >= 11 is 1.41. The Balaban J connectivity index is 2.28. The molecule has 1 aromatic carbocycles. The van der Waals surface area contributed by atoms with Crippen LogP contribution in [0.5, 0.6) is 0 Å². The van der Waals surface area contributed by atoms with E-state index in [0.29, 0.717) is 16.1 Å². The molecule has 21 heavy (non-hydrogen) atoms. The highest BCUT2D eigenvalue weighted by atomic mass is 32.1. The normalized spacial score (nSPS) is 9.90. The van der Waals surface area contributed by atoms with Crippen molar-refractivity contribution in [1.82, 2.24) is 0 Å². The van der Waals surface area contributed by atoms with E-state index in [4.69, 9.17) is 5.11 Å². The van der Waals surface area contributed by atoms with Crippen molar-refractivity contribution in [3.63, 3.8) is 0 Å². The van der Waals surface area contributed by atoms with Gasteiger partial charge in [0, 0.05) is 4.88 Å². The van der Waals surface area contributed by atoms with E-state index in [1.54, 1.807) is 0 Å². The van der Waals surface area contributed by atoms with Gasteiger partial charge >= 0.3 is 0 Å². The zero-order valence-electron chi connectivity index (χ0n) is 11.7. The third kappa shape index (κ3) is 3.69. The molecule has 0 unspecified atom stereocenters. The molecule has 0 fully saturated rings. The molecule has 0 aliphatic carbocycles. The van der Waals surface area contributed by atoms with Crippen molar-refractivity contribution in [2.45, 2.75) is 13.8 Å². The van der Waals surface area contributed by atoms with Gasteiger partial charge in [0.2, 0.25) is 0 Å². The van der Waals surface area contributed by atoms with Gasteiger partial charge in [-0.1, -0.05) is 11.8 Å². The molecule has 1 aromatic heterocycles. The first kappa shape index (κ1) is 15.2. The van der Waals surface area contributed by atoms with E-state index in [1.807, 2.05) is 19.9 Å². The van der Waals surface area contributed by atoms with Crippen LogP contribution in [0.1, 0.15) is 25.7 Å². The highest BCUT2D eigenvalue weighted by Gasteiger charge is 2.12. The maximum absolute atomic E-state index is 13.3. The van der Waals surface area contributed by atoms with Crippen molar-refractivity contribution in [3.05, 3.63) is 51.0 Å². The number of rotatable bonds is 2. The first-order chi connectivity index (χ1) is 10.0. The summed E-state index contributed by atoms with van der Waals surface area (Å²) in [7, 11) is 0. The molecule has 3 nitrogen and oxygen atoms in total. The van der Waals surface area contributed by atoms with E-state index < -0.39 is 5.82 Å². The van der Waals surface area contributed by atoms with Crippen LogP contribution in [0, 0.1) is 31.5 Å². The second kappa shape index (κ2) is 6.53. The minimum Gasteiger partial charge on any atom is -0.384 e. The third-order valence-electron chi connectivity index (χ3n) is 2.92. The van der Waals surface area contributed by atoms with Gasteiger partial charge in [0.25, 0.3) is 5.91 Å². The number of aliphatic hydroxyl groups is 1. The molecule has 0 spiro atoms. The van der Waals surface area contributed by atoms with Crippen LogP contribution in [0.4, 0.5) is 10.1 Å². The lowest BCUT2D eigenvalue weighted by Crippen LogP contribution is -2.11. The SMILES string of the molecule is Cc1cc(C(=O)Nc2ccc(F)cc2C#CCO)sc1C. The molecule has 2 aromatic rings. The van der Waals surface area contributed by atoms with Crippen molar-refractivity contribution in [3.8, 4) is 11.8 Å². The summed E-state index contributed by atoms with van der Waals surface area (Å²) in [6.45, 7) is 3.57. The van der Waals surface area contributed by atoms with Crippen LogP contribution in [0.15, 0.2) is 24.3 Å². The summed E-state index contributed by atoms with van der Waals surface area (Å²) in [6.07, 6.45) is 0. The van der Waals surface area contributed by atoms with Crippen LogP contribution in [0.3, 0.4) is 0 Å². The van der Waals surface area contributed by atoms with Gasteiger partial charge < -0.3 is 10.4 Å². The van der Waals surface area contributed by atoms with Gasteiger partial charge in [0.15, 0.2) is 0 Å². The van der Waals surface area contributed by atoms with Gasteiger partial charge in [0.1, 0.15) is 12.4 Å².